The molecule has 176 valence electrons. The van der Waals surface area contributed by atoms with E-state index in [1.165, 1.54) is 30.3 Å². The zero-order valence-corrected chi connectivity index (χ0v) is 18.8. The molecule has 1 heterocycles. The number of nitriles is 1. The molecule has 0 fully saturated rings. The number of hydrogen-bond acceptors (Lipinski definition) is 5. The third kappa shape index (κ3) is 5.88. The van der Waals surface area contributed by atoms with E-state index in [1.54, 1.807) is 25.1 Å². The van der Waals surface area contributed by atoms with Gasteiger partial charge in [0.05, 0.1) is 23.8 Å². The number of rotatable bonds is 4. The summed E-state index contributed by atoms with van der Waals surface area (Å²) >= 11 is 6.07. The molecule has 2 aromatic rings. The summed E-state index contributed by atoms with van der Waals surface area (Å²) in [6.07, 6.45) is -2.87. The number of halogens is 3. The lowest BCUT2D eigenvalue weighted by Gasteiger charge is -2.27. The number of hydrazone groups is 1. The zero-order valence-electron chi connectivity index (χ0n) is 18.1. The van der Waals surface area contributed by atoms with Crippen LogP contribution in [0.3, 0.4) is 0 Å². The average Bonchev–Trinajstić information content (AvgIpc) is 2.87. The number of urea groups is 1. The Labute approximate surface area is 199 Å². The van der Waals surface area contributed by atoms with Gasteiger partial charge >= 0.3 is 6.03 Å². The molecule has 0 saturated heterocycles. The molecule has 0 aromatic heterocycles. The molecule has 2 aromatic carbocycles. The van der Waals surface area contributed by atoms with E-state index in [0.717, 1.165) is 4.90 Å². The Morgan fingerprint density at radius 2 is 2.00 bits per heavy atom. The molecule has 0 spiro atoms. The van der Waals surface area contributed by atoms with E-state index in [0.29, 0.717) is 27.4 Å². The highest BCUT2D eigenvalue weighted by Crippen LogP contribution is 2.21. The first kappa shape index (κ1) is 24.7. The molecule has 4 N–H and O–H groups in total. The van der Waals surface area contributed by atoms with Gasteiger partial charge in [0.1, 0.15) is 11.8 Å². The van der Waals surface area contributed by atoms with Gasteiger partial charge in [0.15, 0.2) is 0 Å². The Hall–Kier alpha value is -3.97. The second kappa shape index (κ2) is 10.8. The highest BCUT2D eigenvalue weighted by molar-refractivity contribution is 6.32. The summed E-state index contributed by atoms with van der Waals surface area (Å²) in [4.78, 5) is 26.5. The Morgan fingerprint density at radius 3 is 2.59 bits per heavy atom. The van der Waals surface area contributed by atoms with Gasteiger partial charge in [-0.1, -0.05) is 23.7 Å². The average molecular weight is 487 g/mol. The number of benzene rings is 2. The van der Waals surface area contributed by atoms with Crippen LogP contribution in [0.25, 0.3) is 0 Å². The summed E-state index contributed by atoms with van der Waals surface area (Å²) in [5, 5.41) is 16.0. The molecule has 1 atom stereocenters. The predicted molar refractivity (Wildman–Crippen MR) is 125 cm³/mol. The van der Waals surface area contributed by atoms with Crippen molar-refractivity contribution >= 4 is 34.9 Å². The number of nitrogens with zero attached hydrogens (tertiary/aromatic N) is 3. The molecule has 0 saturated carbocycles. The van der Waals surface area contributed by atoms with Crippen LogP contribution in [0.2, 0.25) is 5.02 Å². The van der Waals surface area contributed by atoms with Crippen molar-refractivity contribution in [3.05, 3.63) is 75.8 Å². The number of nitrogens with two attached hydrogens (primary N) is 1. The van der Waals surface area contributed by atoms with Crippen LogP contribution in [-0.2, 0) is 4.79 Å². The first-order valence-electron chi connectivity index (χ1n) is 10.1. The maximum absolute atomic E-state index is 13.8. The van der Waals surface area contributed by atoms with E-state index in [1.807, 2.05) is 6.07 Å². The summed E-state index contributed by atoms with van der Waals surface area (Å²) in [6, 6.07) is 12.2. The zero-order chi connectivity index (χ0) is 24.8. The van der Waals surface area contributed by atoms with Gasteiger partial charge in [-0.15, -0.1) is 0 Å². The Morgan fingerprint density at radius 1 is 1.29 bits per heavy atom. The quantitative estimate of drug-likeness (QED) is 0.612. The number of anilines is 1. The van der Waals surface area contributed by atoms with Crippen LogP contribution < -0.4 is 16.5 Å². The van der Waals surface area contributed by atoms with E-state index in [-0.39, 0.29) is 17.8 Å². The van der Waals surface area contributed by atoms with Gasteiger partial charge in [0, 0.05) is 22.8 Å². The number of nitrogens with one attached hydrogen (secondary N) is 2. The first-order chi connectivity index (χ1) is 16.2. The largest absolute Gasteiger partial charge is 0.366 e. The number of carbonyl (C=O) groups excluding carboxylic acids is 2. The maximum atomic E-state index is 13.8. The molecule has 8 nitrogen and oxygen atoms in total. The van der Waals surface area contributed by atoms with Crippen molar-refractivity contribution < 1.29 is 18.4 Å². The third-order valence-electron chi connectivity index (χ3n) is 5.05. The van der Waals surface area contributed by atoms with Crippen LogP contribution in [0.5, 0.6) is 0 Å². The maximum Gasteiger partial charge on any atom is 0.322 e. The monoisotopic (exact) mass is 486 g/mol. The molecule has 1 aliphatic rings. The minimum atomic E-state index is -2.87. The van der Waals surface area contributed by atoms with Crippen molar-refractivity contribution in [2.75, 3.05) is 18.4 Å². The number of carbonyl (C=O) groups is 2. The molecular formula is C23H21ClF2N6O2. The van der Waals surface area contributed by atoms with Crippen molar-refractivity contribution in [2.45, 2.75) is 19.4 Å². The highest BCUT2D eigenvalue weighted by Gasteiger charge is 2.30. The summed E-state index contributed by atoms with van der Waals surface area (Å²) in [5.74, 6) is -0.832. The number of hydrogen-bond donors (Lipinski definition) is 3. The summed E-state index contributed by atoms with van der Waals surface area (Å²) < 4.78 is 27.6. The van der Waals surface area contributed by atoms with Gasteiger partial charge in [0.25, 0.3) is 12.3 Å². The second-order valence-corrected chi connectivity index (χ2v) is 8.00. The van der Waals surface area contributed by atoms with Crippen LogP contribution >= 0.6 is 11.6 Å². The van der Waals surface area contributed by atoms with Crippen molar-refractivity contribution in [2.24, 2.45) is 10.8 Å². The topological polar surface area (TPSA) is 124 Å². The highest BCUT2D eigenvalue weighted by atomic mass is 35.5. The van der Waals surface area contributed by atoms with Crippen molar-refractivity contribution in [3.8, 4) is 6.07 Å². The smallest absolute Gasteiger partial charge is 0.322 e. The van der Waals surface area contributed by atoms with Crippen molar-refractivity contribution in [1.29, 1.82) is 5.26 Å². The lowest BCUT2D eigenvalue weighted by atomic mass is 9.97. The van der Waals surface area contributed by atoms with Gasteiger partial charge in [-0.3, -0.25) is 10.2 Å². The second-order valence-electron chi connectivity index (χ2n) is 7.56. The van der Waals surface area contributed by atoms with E-state index >= 15 is 0 Å². The fraction of sp³-hybridized carbons (Fsp3) is 0.217. The fourth-order valence-electron chi connectivity index (χ4n) is 3.41. The summed E-state index contributed by atoms with van der Waals surface area (Å²) in [5.41, 5.74) is 9.59. The predicted octanol–water partition coefficient (Wildman–Crippen LogP) is 3.49. The standard InChI is InChI=1S/C23H21ClF2N6O2/c1-13-11-32(23(34)29-17-7-5-14(10-27)6-8-17)12-18(21(25)26)30-31-20(19(13)22(28)33)15-3-2-4-16(24)9-15/h2-9,18,21,30H,11-12H2,1H3,(H2,28,33)(H,29,34)/b19-13-,31-20-. The molecule has 0 aliphatic carbocycles. The van der Waals surface area contributed by atoms with Gasteiger partial charge in [-0.25, -0.2) is 13.6 Å². The van der Waals surface area contributed by atoms with Crippen molar-refractivity contribution in [1.82, 2.24) is 10.3 Å². The van der Waals surface area contributed by atoms with E-state index in [4.69, 9.17) is 22.6 Å². The molecule has 3 amide bonds. The SMILES string of the molecule is C/C1=C(C(N)=O)\C(c2cccc(Cl)c2)=N/NC(C(F)F)CN(C(=O)Nc2ccc(C#N)cc2)C1. The van der Waals surface area contributed by atoms with E-state index in [9.17, 15) is 18.4 Å². The number of amides is 3. The van der Waals surface area contributed by atoms with Gasteiger partial charge in [-0.05, 0) is 48.9 Å². The summed E-state index contributed by atoms with van der Waals surface area (Å²) in [6.45, 7) is 1.01. The lowest BCUT2D eigenvalue weighted by molar-refractivity contribution is -0.114. The molecular weight excluding hydrogens is 466 g/mol. The van der Waals surface area contributed by atoms with Gasteiger partial charge in [0.2, 0.25) is 0 Å². The van der Waals surface area contributed by atoms with Crippen LogP contribution in [-0.4, -0.2) is 48.1 Å². The molecule has 1 aliphatic heterocycles. The van der Waals surface area contributed by atoms with Gasteiger partial charge < -0.3 is 16.0 Å². The number of alkyl halides is 2. The normalized spacial score (nSPS) is 20.2. The lowest BCUT2D eigenvalue weighted by Crippen LogP contribution is -2.47. The molecule has 3 rings (SSSR count). The third-order valence-corrected chi connectivity index (χ3v) is 5.29. The minimum absolute atomic E-state index is 0.0131. The van der Waals surface area contributed by atoms with Crippen LogP contribution in [0.1, 0.15) is 18.1 Å². The summed E-state index contributed by atoms with van der Waals surface area (Å²) in [7, 11) is 0. The molecule has 0 radical (unpaired) electrons. The van der Waals surface area contributed by atoms with Crippen molar-refractivity contribution in [3.63, 3.8) is 0 Å². The Balaban J connectivity index is 2.00. The van der Waals surface area contributed by atoms with Crippen LogP contribution in [0.15, 0.2) is 64.8 Å². The molecule has 11 heteroatoms. The van der Waals surface area contributed by atoms with E-state index < -0.39 is 31.0 Å². The van der Waals surface area contributed by atoms with Gasteiger partial charge in [-0.2, -0.15) is 10.4 Å². The molecule has 34 heavy (non-hydrogen) atoms. The first-order valence-corrected chi connectivity index (χ1v) is 10.5. The Bertz CT molecular complexity index is 1190. The van der Waals surface area contributed by atoms with Crippen LogP contribution in [0.4, 0.5) is 19.3 Å². The molecule has 0 bridgehead atoms. The van der Waals surface area contributed by atoms with Crippen LogP contribution in [0, 0.1) is 11.3 Å². The molecule has 1 unspecified atom stereocenters. The minimum Gasteiger partial charge on any atom is -0.366 e. The number of primary amides is 1. The fourth-order valence-corrected chi connectivity index (χ4v) is 3.60. The van der Waals surface area contributed by atoms with E-state index in [2.05, 4.69) is 15.8 Å². The Kier molecular flexibility index (Phi) is 7.81.